The number of amides is 1. The van der Waals surface area contributed by atoms with Crippen molar-refractivity contribution in [1.82, 2.24) is 5.32 Å². The number of para-hydroxylation sites is 1. The topological polar surface area (TPSA) is 66.5 Å². The molecule has 24 heavy (non-hydrogen) atoms. The zero-order valence-electron chi connectivity index (χ0n) is 14.6. The molecule has 134 valence electrons. The zero-order chi connectivity index (χ0) is 17.6. The highest BCUT2D eigenvalue weighted by Gasteiger charge is 2.32. The molecule has 1 aliphatic rings. The van der Waals surface area contributed by atoms with Gasteiger partial charge < -0.3 is 5.32 Å². The van der Waals surface area contributed by atoms with Crippen molar-refractivity contribution >= 4 is 21.6 Å². The summed E-state index contributed by atoms with van der Waals surface area (Å²) in [5, 5.41) is 3.09. The quantitative estimate of drug-likeness (QED) is 0.800. The molecule has 1 N–H and O–H groups in total. The second-order valence-corrected chi connectivity index (χ2v) is 8.37. The number of anilines is 1. The van der Waals surface area contributed by atoms with Crippen molar-refractivity contribution < 1.29 is 13.2 Å². The zero-order valence-corrected chi connectivity index (χ0v) is 15.4. The van der Waals surface area contributed by atoms with Gasteiger partial charge in [0.25, 0.3) is 0 Å². The first-order valence-corrected chi connectivity index (χ1v) is 10.6. The van der Waals surface area contributed by atoms with E-state index in [0.717, 1.165) is 31.9 Å². The lowest BCUT2D eigenvalue weighted by Crippen LogP contribution is -2.51. The fraction of sp³-hybridized carbons (Fsp3) is 0.611. The van der Waals surface area contributed by atoms with Gasteiger partial charge in [-0.25, -0.2) is 8.42 Å². The largest absolute Gasteiger partial charge is 0.352 e. The molecular weight excluding hydrogens is 324 g/mol. The average molecular weight is 353 g/mol. The van der Waals surface area contributed by atoms with Gasteiger partial charge in [-0.1, -0.05) is 50.8 Å². The Balaban J connectivity index is 2.20. The molecule has 2 rings (SSSR count). The van der Waals surface area contributed by atoms with Gasteiger partial charge in [-0.3, -0.25) is 9.10 Å². The van der Waals surface area contributed by atoms with Gasteiger partial charge in [0.1, 0.15) is 6.04 Å². The highest BCUT2D eigenvalue weighted by Crippen LogP contribution is 2.23. The Labute approximate surface area is 145 Å². The van der Waals surface area contributed by atoms with E-state index in [0.29, 0.717) is 12.1 Å². The number of hydrogen-bond acceptors (Lipinski definition) is 3. The average Bonchev–Trinajstić information content (AvgIpc) is 2.80. The Morgan fingerprint density at radius 3 is 2.25 bits per heavy atom. The van der Waals surface area contributed by atoms with Crippen LogP contribution >= 0.6 is 0 Å². The second kappa shape index (κ2) is 8.51. The summed E-state index contributed by atoms with van der Waals surface area (Å²) in [5.74, 6) is -0.196. The predicted molar refractivity (Wildman–Crippen MR) is 97.5 cm³/mol. The minimum Gasteiger partial charge on any atom is -0.352 e. The van der Waals surface area contributed by atoms with E-state index in [1.54, 1.807) is 24.3 Å². The molecule has 1 aromatic rings. The summed E-state index contributed by atoms with van der Waals surface area (Å²) in [4.78, 5) is 12.8. The van der Waals surface area contributed by atoms with Crippen molar-refractivity contribution in [2.45, 2.75) is 64.0 Å². The van der Waals surface area contributed by atoms with Crippen LogP contribution in [0.1, 0.15) is 51.9 Å². The molecule has 1 fully saturated rings. The van der Waals surface area contributed by atoms with E-state index in [-0.39, 0.29) is 11.9 Å². The van der Waals surface area contributed by atoms with Crippen molar-refractivity contribution in [2.75, 3.05) is 10.6 Å². The van der Waals surface area contributed by atoms with Crippen LogP contribution in [0.5, 0.6) is 0 Å². The highest BCUT2D eigenvalue weighted by molar-refractivity contribution is 7.92. The second-order valence-electron chi connectivity index (χ2n) is 6.52. The maximum absolute atomic E-state index is 12.8. The van der Waals surface area contributed by atoms with E-state index in [2.05, 4.69) is 5.32 Å². The summed E-state index contributed by atoms with van der Waals surface area (Å²) in [5.41, 5.74) is 0.530. The van der Waals surface area contributed by atoms with Gasteiger partial charge in [0.2, 0.25) is 15.9 Å². The van der Waals surface area contributed by atoms with E-state index < -0.39 is 16.1 Å². The van der Waals surface area contributed by atoms with Crippen LogP contribution < -0.4 is 9.62 Å². The van der Waals surface area contributed by atoms with Gasteiger partial charge in [-0.2, -0.15) is 0 Å². The predicted octanol–water partition coefficient (Wildman–Crippen LogP) is 3.07. The standard InChI is InChI=1S/C18H28N2O3S/c1-3-17(18(21)19-15-11-7-4-5-8-12-15)20(24(2,22)23)16-13-9-6-10-14-16/h6,9-10,13-15,17H,3-5,7-8,11-12H2,1-2H3,(H,19,21)/t17-/m1/s1. The number of carbonyl (C=O) groups is 1. The van der Waals surface area contributed by atoms with E-state index in [1.165, 1.54) is 17.1 Å². The summed E-state index contributed by atoms with van der Waals surface area (Å²) < 4.78 is 25.9. The molecule has 0 saturated heterocycles. The number of carbonyl (C=O) groups excluding carboxylic acids is 1. The highest BCUT2D eigenvalue weighted by atomic mass is 32.2. The molecule has 0 aliphatic heterocycles. The van der Waals surface area contributed by atoms with Gasteiger partial charge in [-0.05, 0) is 31.4 Å². The first-order chi connectivity index (χ1) is 11.4. The van der Waals surface area contributed by atoms with Crippen LogP contribution in [0.15, 0.2) is 30.3 Å². The number of rotatable bonds is 6. The van der Waals surface area contributed by atoms with Crippen molar-refractivity contribution in [3.63, 3.8) is 0 Å². The lowest BCUT2D eigenvalue weighted by molar-refractivity contribution is -0.123. The Kier molecular flexibility index (Phi) is 6.66. The third kappa shape index (κ3) is 4.97. The van der Waals surface area contributed by atoms with Gasteiger partial charge in [0.05, 0.1) is 11.9 Å². The first kappa shape index (κ1) is 18.8. The van der Waals surface area contributed by atoms with Crippen LogP contribution in [0.25, 0.3) is 0 Å². The van der Waals surface area contributed by atoms with Crippen molar-refractivity contribution in [3.05, 3.63) is 30.3 Å². The summed E-state index contributed by atoms with van der Waals surface area (Å²) >= 11 is 0. The Hall–Kier alpha value is -1.56. The molecule has 6 heteroatoms. The van der Waals surface area contributed by atoms with Gasteiger partial charge in [0.15, 0.2) is 0 Å². The van der Waals surface area contributed by atoms with Crippen molar-refractivity contribution in [1.29, 1.82) is 0 Å². The molecule has 0 heterocycles. The van der Waals surface area contributed by atoms with Crippen LogP contribution in [-0.4, -0.2) is 32.7 Å². The fourth-order valence-electron chi connectivity index (χ4n) is 3.36. The van der Waals surface area contributed by atoms with Crippen LogP contribution in [0.4, 0.5) is 5.69 Å². The fourth-order valence-corrected chi connectivity index (χ4v) is 4.57. The molecule has 0 radical (unpaired) electrons. The molecular formula is C18H28N2O3S. The number of hydrogen-bond donors (Lipinski definition) is 1. The molecule has 1 aliphatic carbocycles. The first-order valence-electron chi connectivity index (χ1n) is 8.78. The molecule has 1 aromatic carbocycles. The maximum atomic E-state index is 12.8. The number of benzene rings is 1. The van der Waals surface area contributed by atoms with Gasteiger partial charge in [-0.15, -0.1) is 0 Å². The van der Waals surface area contributed by atoms with Crippen LogP contribution in [-0.2, 0) is 14.8 Å². The molecule has 1 atom stereocenters. The van der Waals surface area contributed by atoms with Crippen molar-refractivity contribution in [3.8, 4) is 0 Å². The smallest absolute Gasteiger partial charge is 0.244 e. The van der Waals surface area contributed by atoms with E-state index >= 15 is 0 Å². The van der Waals surface area contributed by atoms with E-state index in [4.69, 9.17) is 0 Å². The van der Waals surface area contributed by atoms with Crippen molar-refractivity contribution in [2.24, 2.45) is 0 Å². The maximum Gasteiger partial charge on any atom is 0.244 e. The van der Waals surface area contributed by atoms with E-state index in [1.807, 2.05) is 13.0 Å². The van der Waals surface area contributed by atoms with Crippen LogP contribution in [0.3, 0.4) is 0 Å². The molecule has 5 nitrogen and oxygen atoms in total. The molecule has 1 amide bonds. The third-order valence-corrected chi connectivity index (χ3v) is 5.72. The monoisotopic (exact) mass is 352 g/mol. The Morgan fingerprint density at radius 2 is 1.75 bits per heavy atom. The summed E-state index contributed by atoms with van der Waals surface area (Å²) in [6.45, 7) is 1.85. The molecule has 0 spiro atoms. The normalized spacial score (nSPS) is 17.8. The van der Waals surface area contributed by atoms with Gasteiger partial charge >= 0.3 is 0 Å². The number of nitrogens with one attached hydrogen (secondary N) is 1. The molecule has 0 bridgehead atoms. The lowest BCUT2D eigenvalue weighted by atomic mass is 10.1. The molecule has 0 unspecified atom stereocenters. The Bertz CT molecular complexity index is 623. The van der Waals surface area contributed by atoms with E-state index in [9.17, 15) is 13.2 Å². The van der Waals surface area contributed by atoms with Crippen LogP contribution in [0.2, 0.25) is 0 Å². The van der Waals surface area contributed by atoms with Gasteiger partial charge in [0, 0.05) is 6.04 Å². The summed E-state index contributed by atoms with van der Waals surface area (Å²) in [6, 6.07) is 8.28. The minimum absolute atomic E-state index is 0.159. The number of nitrogens with zero attached hydrogens (tertiary/aromatic N) is 1. The summed E-state index contributed by atoms with van der Waals surface area (Å²) in [7, 11) is -3.55. The lowest BCUT2D eigenvalue weighted by Gasteiger charge is -2.31. The SMILES string of the molecule is CC[C@H](C(=O)NC1CCCCCC1)N(c1ccccc1)S(C)(=O)=O. The molecule has 1 saturated carbocycles. The minimum atomic E-state index is -3.55. The molecule has 0 aromatic heterocycles. The Morgan fingerprint density at radius 1 is 1.17 bits per heavy atom. The number of sulfonamides is 1. The third-order valence-electron chi connectivity index (χ3n) is 4.54. The van der Waals surface area contributed by atoms with Crippen LogP contribution in [0, 0.1) is 0 Å². The summed E-state index contributed by atoms with van der Waals surface area (Å²) in [6.07, 6.45) is 8.21.